The fourth-order valence-electron chi connectivity index (χ4n) is 5.97. The monoisotopic (exact) mass is 464 g/mol. The van der Waals surface area contributed by atoms with E-state index in [4.69, 9.17) is 22.3 Å². The lowest BCUT2D eigenvalue weighted by molar-refractivity contribution is -0.126. The van der Waals surface area contributed by atoms with Gasteiger partial charge in [-0.1, -0.05) is 29.8 Å². The molecule has 5 N–H and O–H groups in total. The summed E-state index contributed by atoms with van der Waals surface area (Å²) in [5, 5.41) is 8.41. The molecule has 1 aromatic carbocycles. The van der Waals surface area contributed by atoms with Gasteiger partial charge in [-0.3, -0.25) is 4.79 Å². The number of para-hydroxylation sites is 1. The van der Waals surface area contributed by atoms with Crippen LogP contribution in [0.4, 0.5) is 5.95 Å². The third kappa shape index (κ3) is 3.97. The highest BCUT2D eigenvalue weighted by Crippen LogP contribution is 2.54. The van der Waals surface area contributed by atoms with E-state index in [2.05, 4.69) is 26.7 Å². The predicted molar refractivity (Wildman–Crippen MR) is 130 cm³/mol. The van der Waals surface area contributed by atoms with Gasteiger partial charge in [-0.15, -0.1) is 0 Å². The number of aromatic amines is 1. The minimum atomic E-state index is 0.108. The third-order valence-electron chi connectivity index (χ3n) is 7.76. The van der Waals surface area contributed by atoms with E-state index in [9.17, 15) is 4.79 Å². The molecule has 3 fully saturated rings. The molecule has 2 heterocycles. The maximum Gasteiger partial charge on any atom is 0.223 e. The van der Waals surface area contributed by atoms with E-state index in [1.54, 1.807) is 6.20 Å². The first-order valence-corrected chi connectivity index (χ1v) is 12.4. The molecule has 2 unspecified atom stereocenters. The number of hydrogen-bond acceptors (Lipinski definition) is 5. The van der Waals surface area contributed by atoms with Gasteiger partial charge in [0.1, 0.15) is 0 Å². The molecule has 0 saturated heterocycles. The van der Waals surface area contributed by atoms with Crippen LogP contribution in [-0.2, 0) is 4.79 Å². The highest BCUT2D eigenvalue weighted by atomic mass is 35.5. The Morgan fingerprint density at radius 3 is 2.79 bits per heavy atom. The Bertz CT molecular complexity index is 1190. The molecule has 0 bridgehead atoms. The van der Waals surface area contributed by atoms with E-state index in [1.807, 2.05) is 24.4 Å². The van der Waals surface area contributed by atoms with Crippen LogP contribution in [-0.4, -0.2) is 39.0 Å². The number of aromatic nitrogens is 3. The summed E-state index contributed by atoms with van der Waals surface area (Å²) in [7, 11) is 0. The van der Waals surface area contributed by atoms with Crippen LogP contribution >= 0.6 is 11.6 Å². The van der Waals surface area contributed by atoms with Crippen LogP contribution in [0.25, 0.3) is 22.2 Å². The smallest absolute Gasteiger partial charge is 0.223 e. The number of fused-ring (bicyclic) bond motifs is 2. The molecular formula is C25H29ClN6O. The van der Waals surface area contributed by atoms with Crippen LogP contribution in [0.1, 0.15) is 38.5 Å². The number of amides is 1. The van der Waals surface area contributed by atoms with E-state index in [-0.39, 0.29) is 30.0 Å². The van der Waals surface area contributed by atoms with Gasteiger partial charge in [0.2, 0.25) is 11.9 Å². The Hall–Kier alpha value is -2.64. The van der Waals surface area contributed by atoms with E-state index >= 15 is 0 Å². The topological polar surface area (TPSA) is 109 Å². The van der Waals surface area contributed by atoms with E-state index in [1.165, 1.54) is 0 Å². The Morgan fingerprint density at radius 2 is 1.97 bits per heavy atom. The summed E-state index contributed by atoms with van der Waals surface area (Å²) in [6, 6.07) is 8.69. The molecule has 33 heavy (non-hydrogen) atoms. The van der Waals surface area contributed by atoms with Crippen LogP contribution in [0, 0.1) is 17.8 Å². The number of hydrogen-bond donors (Lipinski definition) is 4. The fourth-order valence-corrected chi connectivity index (χ4v) is 6.16. The SMILES string of the molecule is N[C@@H]1C[C@H](C(=O)N[C@H]2CCC[C@@H](Nc3ncc(Cl)c(-c4c[nH]c5ccccc45)n3)C2)C2CC21. The molecule has 3 saturated carbocycles. The second-order valence-electron chi connectivity index (χ2n) is 9.92. The van der Waals surface area contributed by atoms with Gasteiger partial charge < -0.3 is 21.4 Å². The second-order valence-corrected chi connectivity index (χ2v) is 10.3. The van der Waals surface area contributed by atoms with Crippen molar-refractivity contribution < 1.29 is 4.79 Å². The molecule has 8 heteroatoms. The van der Waals surface area contributed by atoms with Crippen molar-refractivity contribution in [2.24, 2.45) is 23.5 Å². The van der Waals surface area contributed by atoms with Crippen molar-refractivity contribution in [2.75, 3.05) is 5.32 Å². The Balaban J connectivity index is 1.14. The molecule has 1 amide bonds. The number of halogens is 1. The summed E-state index contributed by atoms with van der Waals surface area (Å²) in [6.07, 6.45) is 9.53. The highest BCUT2D eigenvalue weighted by Gasteiger charge is 2.55. The Morgan fingerprint density at radius 1 is 1.12 bits per heavy atom. The van der Waals surface area contributed by atoms with E-state index < -0.39 is 0 Å². The summed E-state index contributed by atoms with van der Waals surface area (Å²) in [6.45, 7) is 0. The number of benzene rings is 1. The van der Waals surface area contributed by atoms with Crippen molar-refractivity contribution >= 4 is 34.4 Å². The molecule has 0 aliphatic heterocycles. The summed E-state index contributed by atoms with van der Waals surface area (Å²) in [5.41, 5.74) is 8.88. The summed E-state index contributed by atoms with van der Waals surface area (Å²) < 4.78 is 0. The Labute approximate surface area is 197 Å². The first-order chi connectivity index (χ1) is 16.1. The van der Waals surface area contributed by atoms with E-state index in [0.717, 1.165) is 55.0 Å². The van der Waals surface area contributed by atoms with Crippen molar-refractivity contribution in [3.8, 4) is 11.3 Å². The van der Waals surface area contributed by atoms with Crippen molar-refractivity contribution in [3.05, 3.63) is 41.7 Å². The van der Waals surface area contributed by atoms with Crippen molar-refractivity contribution in [1.29, 1.82) is 0 Å². The number of carbonyl (C=O) groups excluding carboxylic acids is 1. The van der Waals surface area contributed by atoms with Gasteiger partial charge >= 0.3 is 0 Å². The van der Waals surface area contributed by atoms with Crippen molar-refractivity contribution in [1.82, 2.24) is 20.3 Å². The molecular weight excluding hydrogens is 436 g/mol. The van der Waals surface area contributed by atoms with Gasteiger partial charge in [-0.2, -0.15) is 0 Å². The van der Waals surface area contributed by atoms with Crippen LogP contribution < -0.4 is 16.4 Å². The van der Waals surface area contributed by atoms with Gasteiger partial charge in [-0.05, 0) is 56.4 Å². The first kappa shape index (κ1) is 20.9. The molecule has 7 nitrogen and oxygen atoms in total. The Kier molecular flexibility index (Phi) is 5.26. The summed E-state index contributed by atoms with van der Waals surface area (Å²) in [5.74, 6) is 1.97. The number of nitrogens with one attached hydrogen (secondary N) is 3. The quantitative estimate of drug-likeness (QED) is 0.454. The number of H-pyrrole nitrogens is 1. The molecule has 6 rings (SSSR count). The predicted octanol–water partition coefficient (Wildman–Crippen LogP) is 4.10. The molecule has 0 spiro atoms. The zero-order valence-corrected chi connectivity index (χ0v) is 19.2. The lowest BCUT2D eigenvalue weighted by Crippen LogP contribution is -2.44. The molecule has 172 valence electrons. The molecule has 6 atom stereocenters. The third-order valence-corrected chi connectivity index (χ3v) is 8.04. The fraction of sp³-hybridized carbons (Fsp3) is 0.480. The zero-order chi connectivity index (χ0) is 22.5. The number of nitrogens with two attached hydrogens (primary N) is 1. The first-order valence-electron chi connectivity index (χ1n) is 12.0. The molecule has 0 radical (unpaired) electrons. The van der Waals surface area contributed by atoms with Gasteiger partial charge in [0.15, 0.2) is 0 Å². The van der Waals surface area contributed by atoms with Gasteiger partial charge in [0.05, 0.1) is 16.9 Å². The number of nitrogens with zero attached hydrogens (tertiary/aromatic N) is 2. The molecule has 3 aromatic rings. The molecule has 2 aromatic heterocycles. The second kappa shape index (κ2) is 8.29. The van der Waals surface area contributed by atoms with Crippen molar-refractivity contribution in [2.45, 2.75) is 56.7 Å². The summed E-state index contributed by atoms with van der Waals surface area (Å²) >= 11 is 6.48. The van der Waals surface area contributed by atoms with Gasteiger partial charge in [0, 0.05) is 46.7 Å². The maximum atomic E-state index is 12.9. The van der Waals surface area contributed by atoms with Gasteiger partial charge in [-0.25, -0.2) is 9.97 Å². The number of anilines is 1. The number of carbonyl (C=O) groups is 1. The highest BCUT2D eigenvalue weighted by molar-refractivity contribution is 6.33. The average Bonchev–Trinajstić information content (AvgIpc) is 3.39. The molecule has 3 aliphatic carbocycles. The largest absolute Gasteiger partial charge is 0.360 e. The van der Waals surface area contributed by atoms with E-state index in [0.29, 0.717) is 28.5 Å². The van der Waals surface area contributed by atoms with Gasteiger partial charge in [0.25, 0.3) is 0 Å². The normalized spacial score (nSPS) is 30.7. The average molecular weight is 465 g/mol. The standard InChI is InChI=1S/C25H29ClN6O/c26-20-12-29-25(32-23(20)19-11-28-22-7-2-1-6-15(19)22)31-14-5-3-4-13(8-14)30-24(33)18-10-21(27)17-9-16(17)18/h1-2,6-7,11-14,16-18,21,28H,3-5,8-10,27H2,(H,30,33)(H,29,31,32)/t13-,14+,16?,17?,18-,21+/m0/s1. The number of rotatable bonds is 5. The maximum absolute atomic E-state index is 12.9. The van der Waals surface area contributed by atoms with Crippen LogP contribution in [0.3, 0.4) is 0 Å². The van der Waals surface area contributed by atoms with Crippen LogP contribution in [0.2, 0.25) is 5.02 Å². The van der Waals surface area contributed by atoms with Crippen LogP contribution in [0.5, 0.6) is 0 Å². The lowest BCUT2D eigenvalue weighted by Gasteiger charge is -2.31. The molecule has 3 aliphatic rings. The minimum absolute atomic E-state index is 0.108. The summed E-state index contributed by atoms with van der Waals surface area (Å²) in [4.78, 5) is 25.3. The zero-order valence-electron chi connectivity index (χ0n) is 18.4. The van der Waals surface area contributed by atoms with Crippen molar-refractivity contribution in [3.63, 3.8) is 0 Å². The minimum Gasteiger partial charge on any atom is -0.360 e. The lowest BCUT2D eigenvalue weighted by atomic mass is 9.90. The van der Waals surface area contributed by atoms with Crippen LogP contribution in [0.15, 0.2) is 36.7 Å².